The monoisotopic (exact) mass is 357 g/mol. The summed E-state index contributed by atoms with van der Waals surface area (Å²) in [5, 5.41) is 3.22. The molecule has 1 aliphatic rings. The number of amides is 1. The molecule has 0 unspecified atom stereocenters. The summed E-state index contributed by atoms with van der Waals surface area (Å²) >= 11 is 0. The van der Waals surface area contributed by atoms with E-state index in [9.17, 15) is 4.79 Å². The van der Waals surface area contributed by atoms with Crippen LogP contribution in [-0.2, 0) is 4.79 Å². The fourth-order valence-electron chi connectivity index (χ4n) is 2.87. The zero-order valence-corrected chi connectivity index (χ0v) is 15.2. The van der Waals surface area contributed by atoms with Crippen LogP contribution in [0.5, 0.6) is 11.5 Å². The number of anilines is 3. The number of aromatic nitrogens is 2. The van der Waals surface area contributed by atoms with Crippen LogP contribution in [0.15, 0.2) is 24.3 Å². The Bertz CT molecular complexity index is 775. The van der Waals surface area contributed by atoms with E-state index >= 15 is 0 Å². The predicted molar refractivity (Wildman–Crippen MR) is 99.4 cm³/mol. The van der Waals surface area contributed by atoms with Gasteiger partial charge in [0.2, 0.25) is 12.4 Å². The molecule has 2 heterocycles. The first-order valence-corrected chi connectivity index (χ1v) is 8.42. The molecule has 0 aliphatic carbocycles. The van der Waals surface area contributed by atoms with Crippen LogP contribution >= 0.6 is 0 Å². The van der Waals surface area contributed by atoms with Crippen molar-refractivity contribution in [1.29, 1.82) is 0 Å². The molecule has 0 atom stereocenters. The van der Waals surface area contributed by atoms with Gasteiger partial charge < -0.3 is 24.6 Å². The average Bonchev–Trinajstić information content (AvgIpc) is 2.67. The molecule has 8 nitrogen and oxygen atoms in total. The summed E-state index contributed by atoms with van der Waals surface area (Å²) in [4.78, 5) is 23.9. The Morgan fingerprint density at radius 3 is 2.42 bits per heavy atom. The number of aryl methyl sites for hydroxylation is 1. The summed E-state index contributed by atoms with van der Waals surface area (Å²) in [6.45, 7) is 4.85. The van der Waals surface area contributed by atoms with E-state index in [4.69, 9.17) is 9.47 Å². The Labute approximate surface area is 152 Å². The second-order valence-electron chi connectivity index (χ2n) is 6.01. The van der Waals surface area contributed by atoms with Crippen molar-refractivity contribution in [3.05, 3.63) is 30.0 Å². The highest BCUT2D eigenvalue weighted by Gasteiger charge is 2.18. The van der Waals surface area contributed by atoms with Gasteiger partial charge in [0.1, 0.15) is 5.82 Å². The Morgan fingerprint density at radius 2 is 1.77 bits per heavy atom. The lowest BCUT2D eigenvalue weighted by atomic mass is 10.2. The molecule has 3 rings (SSSR count). The molecular weight excluding hydrogens is 334 g/mol. The van der Waals surface area contributed by atoms with Gasteiger partial charge in [-0.3, -0.25) is 4.79 Å². The largest absolute Gasteiger partial charge is 0.493 e. The normalized spacial score (nSPS) is 14.1. The van der Waals surface area contributed by atoms with Crippen LogP contribution in [0.2, 0.25) is 0 Å². The summed E-state index contributed by atoms with van der Waals surface area (Å²) in [6.07, 6.45) is 0.895. The summed E-state index contributed by atoms with van der Waals surface area (Å²) in [7, 11) is 3.20. The minimum atomic E-state index is 0.519. The van der Waals surface area contributed by atoms with E-state index in [1.807, 2.05) is 31.2 Å². The van der Waals surface area contributed by atoms with Gasteiger partial charge in [-0.15, -0.1) is 0 Å². The quantitative estimate of drug-likeness (QED) is 0.790. The zero-order valence-electron chi connectivity index (χ0n) is 15.2. The molecule has 0 spiro atoms. The van der Waals surface area contributed by atoms with Crippen LogP contribution in [0.3, 0.4) is 0 Å². The second kappa shape index (κ2) is 7.90. The fourth-order valence-corrected chi connectivity index (χ4v) is 2.87. The highest BCUT2D eigenvalue weighted by Crippen LogP contribution is 2.31. The van der Waals surface area contributed by atoms with Crippen LogP contribution in [0.4, 0.5) is 17.5 Å². The average molecular weight is 357 g/mol. The molecule has 0 saturated carbocycles. The molecule has 1 saturated heterocycles. The first-order chi connectivity index (χ1) is 12.6. The van der Waals surface area contributed by atoms with Gasteiger partial charge in [0.15, 0.2) is 11.5 Å². The van der Waals surface area contributed by atoms with Gasteiger partial charge in [-0.05, 0) is 19.1 Å². The lowest BCUT2D eigenvalue weighted by molar-refractivity contribution is -0.118. The SMILES string of the molecule is COc1ccc(Nc2nc(C)cc(N3CCN(C=O)CC3)n2)cc1OC. The van der Waals surface area contributed by atoms with Crippen molar-refractivity contribution >= 4 is 23.9 Å². The maximum absolute atomic E-state index is 10.9. The van der Waals surface area contributed by atoms with Crippen molar-refractivity contribution < 1.29 is 14.3 Å². The third-order valence-electron chi connectivity index (χ3n) is 4.27. The minimum Gasteiger partial charge on any atom is -0.493 e. The second-order valence-corrected chi connectivity index (χ2v) is 6.01. The third kappa shape index (κ3) is 3.96. The van der Waals surface area contributed by atoms with Crippen LogP contribution in [0, 0.1) is 6.92 Å². The smallest absolute Gasteiger partial charge is 0.229 e. The number of rotatable bonds is 6. The van der Waals surface area contributed by atoms with Crippen molar-refractivity contribution in [3.63, 3.8) is 0 Å². The molecule has 26 heavy (non-hydrogen) atoms. The van der Waals surface area contributed by atoms with Gasteiger partial charge in [0, 0.05) is 49.7 Å². The fraction of sp³-hybridized carbons (Fsp3) is 0.389. The predicted octanol–water partition coefficient (Wildman–Crippen LogP) is 1.82. The maximum atomic E-state index is 10.9. The number of benzene rings is 1. The van der Waals surface area contributed by atoms with Gasteiger partial charge in [-0.1, -0.05) is 0 Å². The van der Waals surface area contributed by atoms with Crippen molar-refractivity contribution in [1.82, 2.24) is 14.9 Å². The van der Waals surface area contributed by atoms with Crippen LogP contribution < -0.4 is 19.7 Å². The maximum Gasteiger partial charge on any atom is 0.229 e. The summed E-state index contributed by atoms with van der Waals surface area (Å²) in [5.41, 5.74) is 1.68. The molecule has 0 bridgehead atoms. The summed E-state index contributed by atoms with van der Waals surface area (Å²) in [6, 6.07) is 7.51. The number of nitrogens with zero attached hydrogens (tertiary/aromatic N) is 4. The number of ether oxygens (including phenoxy) is 2. The molecule has 1 aromatic heterocycles. The highest BCUT2D eigenvalue weighted by molar-refractivity contribution is 5.61. The summed E-state index contributed by atoms with van der Waals surface area (Å²) < 4.78 is 10.6. The molecule has 1 fully saturated rings. The standard InChI is InChI=1S/C18H23N5O3/c1-13-10-17(23-8-6-22(12-24)7-9-23)21-18(19-13)20-14-4-5-15(25-2)16(11-14)26-3/h4-5,10-12H,6-9H2,1-3H3,(H,19,20,21). The van der Waals surface area contributed by atoms with Crippen molar-refractivity contribution in [2.24, 2.45) is 0 Å². The Kier molecular flexibility index (Phi) is 5.40. The number of piperazine rings is 1. The van der Waals surface area contributed by atoms with E-state index in [1.165, 1.54) is 0 Å². The molecule has 1 N–H and O–H groups in total. The van der Waals surface area contributed by atoms with E-state index in [1.54, 1.807) is 19.1 Å². The van der Waals surface area contributed by atoms with Crippen molar-refractivity contribution in [3.8, 4) is 11.5 Å². The third-order valence-corrected chi connectivity index (χ3v) is 4.27. The van der Waals surface area contributed by atoms with Gasteiger partial charge in [-0.2, -0.15) is 4.98 Å². The zero-order chi connectivity index (χ0) is 18.5. The molecular formula is C18H23N5O3. The molecule has 2 aromatic rings. The van der Waals surface area contributed by atoms with E-state index in [0.717, 1.165) is 36.7 Å². The lowest BCUT2D eigenvalue weighted by Crippen LogP contribution is -2.46. The van der Waals surface area contributed by atoms with Crippen LogP contribution in [-0.4, -0.2) is 61.7 Å². The number of carbonyl (C=O) groups is 1. The van der Waals surface area contributed by atoms with Crippen molar-refractivity contribution in [2.75, 3.05) is 50.6 Å². The number of carbonyl (C=O) groups excluding carboxylic acids is 1. The van der Waals surface area contributed by atoms with Crippen molar-refractivity contribution in [2.45, 2.75) is 6.92 Å². The Balaban J connectivity index is 1.79. The molecule has 1 amide bonds. The van der Waals surface area contributed by atoms with E-state index in [-0.39, 0.29) is 0 Å². The topological polar surface area (TPSA) is 79.8 Å². The van der Waals surface area contributed by atoms with Gasteiger partial charge >= 0.3 is 0 Å². The Morgan fingerprint density at radius 1 is 1.04 bits per heavy atom. The van der Waals surface area contributed by atoms with Crippen LogP contribution in [0.25, 0.3) is 0 Å². The van der Waals surface area contributed by atoms with E-state index in [0.29, 0.717) is 30.5 Å². The van der Waals surface area contributed by atoms with Gasteiger partial charge in [0.05, 0.1) is 14.2 Å². The van der Waals surface area contributed by atoms with E-state index < -0.39 is 0 Å². The highest BCUT2D eigenvalue weighted by atomic mass is 16.5. The van der Waals surface area contributed by atoms with Gasteiger partial charge in [0.25, 0.3) is 0 Å². The number of nitrogens with one attached hydrogen (secondary N) is 1. The molecule has 0 radical (unpaired) electrons. The van der Waals surface area contributed by atoms with E-state index in [2.05, 4.69) is 20.2 Å². The molecule has 1 aliphatic heterocycles. The van der Waals surface area contributed by atoms with Gasteiger partial charge in [-0.25, -0.2) is 4.98 Å². The number of hydrogen-bond acceptors (Lipinski definition) is 7. The minimum absolute atomic E-state index is 0.519. The molecule has 8 heteroatoms. The summed E-state index contributed by atoms with van der Waals surface area (Å²) in [5.74, 6) is 2.67. The number of methoxy groups -OCH3 is 2. The first kappa shape index (κ1) is 17.8. The van der Waals surface area contributed by atoms with Crippen LogP contribution in [0.1, 0.15) is 5.69 Å². The molecule has 1 aromatic carbocycles. The number of hydrogen-bond donors (Lipinski definition) is 1. The Hall–Kier alpha value is -3.03. The first-order valence-electron chi connectivity index (χ1n) is 8.42. The molecule has 138 valence electrons. The lowest BCUT2D eigenvalue weighted by Gasteiger charge is -2.33.